The van der Waals surface area contributed by atoms with Crippen LogP contribution in [-0.2, 0) is 4.79 Å². The summed E-state index contributed by atoms with van der Waals surface area (Å²) in [6, 6.07) is 0. The minimum atomic E-state index is -0.187. The van der Waals surface area contributed by atoms with Gasteiger partial charge in [-0.25, -0.2) is 0 Å². The molecule has 11 atom stereocenters. The number of aliphatic hydroxyl groups is 1. The Morgan fingerprint density at radius 3 is 2.19 bits per heavy atom. The van der Waals surface area contributed by atoms with Crippen molar-refractivity contribution in [3.05, 3.63) is 0 Å². The van der Waals surface area contributed by atoms with Crippen molar-refractivity contribution in [1.29, 1.82) is 0 Å². The molecule has 0 aromatic rings. The highest BCUT2D eigenvalue weighted by Gasteiger charge is 2.61. The van der Waals surface area contributed by atoms with Crippen LogP contribution in [0, 0.1) is 64.1 Å². The summed E-state index contributed by atoms with van der Waals surface area (Å²) in [6.07, 6.45) is 10.6. The number of hydrogen-bond donors (Lipinski definition) is 1. The van der Waals surface area contributed by atoms with E-state index in [1.54, 1.807) is 0 Å². The van der Waals surface area contributed by atoms with Gasteiger partial charge in [0, 0.05) is 12.8 Å². The second-order valence-corrected chi connectivity index (χ2v) is 13.4. The summed E-state index contributed by atoms with van der Waals surface area (Å²) in [5, 5.41) is 11.4. The molecular formula is C29H50O2. The van der Waals surface area contributed by atoms with Crippen molar-refractivity contribution in [2.75, 3.05) is 0 Å². The minimum Gasteiger partial charge on any atom is -0.393 e. The molecule has 8 unspecified atom stereocenters. The zero-order valence-corrected chi connectivity index (χ0v) is 21.5. The molecule has 4 saturated carbocycles. The van der Waals surface area contributed by atoms with Crippen LogP contribution in [-0.4, -0.2) is 17.0 Å². The van der Waals surface area contributed by atoms with Crippen LogP contribution in [0.4, 0.5) is 0 Å². The summed E-state index contributed by atoms with van der Waals surface area (Å²) < 4.78 is 0. The van der Waals surface area contributed by atoms with Crippen molar-refractivity contribution < 1.29 is 9.90 Å². The van der Waals surface area contributed by atoms with Crippen molar-refractivity contribution in [2.45, 2.75) is 112 Å². The van der Waals surface area contributed by atoms with Crippen molar-refractivity contribution >= 4 is 5.78 Å². The Bertz CT molecular complexity index is 670. The van der Waals surface area contributed by atoms with E-state index in [9.17, 15) is 9.90 Å². The summed E-state index contributed by atoms with van der Waals surface area (Å²) in [4.78, 5) is 12.2. The zero-order chi connectivity index (χ0) is 22.7. The van der Waals surface area contributed by atoms with Crippen LogP contribution in [0.15, 0.2) is 0 Å². The number of fused-ring (bicyclic) bond motifs is 5. The van der Waals surface area contributed by atoms with Crippen LogP contribution in [0.5, 0.6) is 0 Å². The van der Waals surface area contributed by atoms with Crippen LogP contribution < -0.4 is 0 Å². The van der Waals surface area contributed by atoms with E-state index >= 15 is 0 Å². The molecule has 1 N–H and O–H groups in total. The van der Waals surface area contributed by atoms with Gasteiger partial charge in [0.05, 0.1) is 6.10 Å². The third-order valence-electron chi connectivity index (χ3n) is 12.1. The smallest absolute Gasteiger partial charge is 0.133 e. The first kappa shape index (κ1) is 23.8. The molecule has 4 fully saturated rings. The standard InChI is InChI=1S/C29H50O2/c1-17(2)18(3)19(4)27(31)20(5)24-10-11-25-23-9-8-21-16-22(30)12-14-28(21,6)26(23)13-15-29(24,25)7/h17-21,23-27,31H,8-16H2,1-7H3/t18?,19-,20-,21?,23?,24?,25?,26?,27?,28?,29-/m1/s1. The quantitative estimate of drug-likeness (QED) is 0.503. The lowest BCUT2D eigenvalue weighted by Crippen LogP contribution is -2.54. The van der Waals surface area contributed by atoms with Gasteiger partial charge in [-0.05, 0) is 109 Å². The molecule has 0 aromatic carbocycles. The van der Waals surface area contributed by atoms with E-state index in [2.05, 4.69) is 48.5 Å². The van der Waals surface area contributed by atoms with Gasteiger partial charge in [0.1, 0.15) is 5.78 Å². The van der Waals surface area contributed by atoms with Gasteiger partial charge in [0.2, 0.25) is 0 Å². The Labute approximate surface area is 192 Å². The average molecular weight is 431 g/mol. The predicted molar refractivity (Wildman–Crippen MR) is 129 cm³/mol. The largest absolute Gasteiger partial charge is 0.393 e. The first-order chi connectivity index (χ1) is 14.5. The lowest BCUT2D eigenvalue weighted by molar-refractivity contribution is -0.141. The van der Waals surface area contributed by atoms with Crippen molar-refractivity contribution in [3.8, 4) is 0 Å². The van der Waals surface area contributed by atoms with Crippen LogP contribution in [0.1, 0.15) is 106 Å². The lowest BCUT2D eigenvalue weighted by atomic mass is 9.44. The Morgan fingerprint density at radius 1 is 0.839 bits per heavy atom. The highest BCUT2D eigenvalue weighted by atomic mass is 16.3. The van der Waals surface area contributed by atoms with E-state index in [-0.39, 0.29) is 6.10 Å². The maximum absolute atomic E-state index is 12.2. The summed E-state index contributed by atoms with van der Waals surface area (Å²) in [6.45, 7) is 16.7. The number of rotatable bonds is 5. The van der Waals surface area contributed by atoms with Crippen LogP contribution in [0.25, 0.3) is 0 Å². The number of carbonyl (C=O) groups is 1. The molecule has 178 valence electrons. The minimum absolute atomic E-state index is 0.187. The number of Topliss-reactive ketones (excluding diaryl/α,β-unsaturated/α-hetero) is 1. The van der Waals surface area contributed by atoms with Gasteiger partial charge in [0.15, 0.2) is 0 Å². The number of aliphatic hydroxyl groups excluding tert-OH is 1. The normalized spacial score (nSPS) is 46.6. The maximum atomic E-state index is 12.2. The van der Waals surface area contributed by atoms with Gasteiger partial charge in [-0.3, -0.25) is 4.79 Å². The third kappa shape index (κ3) is 3.75. The maximum Gasteiger partial charge on any atom is 0.133 e. The highest BCUT2D eigenvalue weighted by molar-refractivity contribution is 5.79. The molecule has 0 aliphatic heterocycles. The molecule has 4 rings (SSSR count). The Balaban J connectivity index is 1.51. The first-order valence-corrected chi connectivity index (χ1v) is 13.7. The molecule has 4 aliphatic rings. The van der Waals surface area contributed by atoms with E-state index in [1.807, 2.05) is 0 Å². The molecule has 0 saturated heterocycles. The van der Waals surface area contributed by atoms with Gasteiger partial charge in [-0.2, -0.15) is 0 Å². The summed E-state index contributed by atoms with van der Waals surface area (Å²) in [7, 11) is 0. The average Bonchev–Trinajstić information content (AvgIpc) is 3.09. The van der Waals surface area contributed by atoms with Crippen LogP contribution in [0.2, 0.25) is 0 Å². The number of ketones is 1. The van der Waals surface area contributed by atoms with Gasteiger partial charge < -0.3 is 5.11 Å². The summed E-state index contributed by atoms with van der Waals surface area (Å²) in [5.41, 5.74) is 0.804. The van der Waals surface area contributed by atoms with E-state index in [4.69, 9.17) is 0 Å². The SMILES string of the molecule is CC(C)C(C)[C@@H](C)C(O)[C@H](C)C1CCC2C3CCC4CC(=O)CCC4(C)C3CC[C@@]21C. The fourth-order valence-corrected chi connectivity index (χ4v) is 9.58. The van der Waals surface area contributed by atoms with Crippen molar-refractivity contribution in [1.82, 2.24) is 0 Å². The molecule has 31 heavy (non-hydrogen) atoms. The molecule has 0 aromatic heterocycles. The monoisotopic (exact) mass is 430 g/mol. The van der Waals surface area contributed by atoms with E-state index < -0.39 is 0 Å². The number of carbonyl (C=O) groups excluding carboxylic acids is 1. The number of hydrogen-bond acceptors (Lipinski definition) is 2. The van der Waals surface area contributed by atoms with Gasteiger partial charge in [0.25, 0.3) is 0 Å². The second-order valence-electron chi connectivity index (χ2n) is 13.4. The van der Waals surface area contributed by atoms with Gasteiger partial charge in [-0.15, -0.1) is 0 Å². The van der Waals surface area contributed by atoms with E-state index in [0.29, 0.717) is 52.1 Å². The Morgan fingerprint density at radius 2 is 1.52 bits per heavy atom. The van der Waals surface area contributed by atoms with E-state index in [1.165, 1.54) is 38.5 Å². The summed E-state index contributed by atoms with van der Waals surface area (Å²) >= 11 is 0. The van der Waals surface area contributed by atoms with E-state index in [0.717, 1.165) is 37.0 Å². The fraction of sp³-hybridized carbons (Fsp3) is 0.966. The van der Waals surface area contributed by atoms with Crippen molar-refractivity contribution in [2.24, 2.45) is 64.1 Å². The molecule has 2 heteroatoms. The van der Waals surface area contributed by atoms with Gasteiger partial charge >= 0.3 is 0 Å². The van der Waals surface area contributed by atoms with Gasteiger partial charge in [-0.1, -0.05) is 48.5 Å². The fourth-order valence-electron chi connectivity index (χ4n) is 9.58. The molecule has 0 radical (unpaired) electrons. The lowest BCUT2D eigenvalue weighted by Gasteiger charge is -2.60. The molecule has 0 spiro atoms. The van der Waals surface area contributed by atoms with Crippen LogP contribution in [0.3, 0.4) is 0 Å². The first-order valence-electron chi connectivity index (χ1n) is 13.7. The predicted octanol–water partition coefficient (Wildman–Crippen LogP) is 7.14. The highest BCUT2D eigenvalue weighted by Crippen LogP contribution is 2.68. The molecule has 0 bridgehead atoms. The second kappa shape index (κ2) is 8.44. The Hall–Kier alpha value is -0.370. The molecule has 4 aliphatic carbocycles. The zero-order valence-electron chi connectivity index (χ0n) is 21.5. The molecule has 0 amide bonds. The van der Waals surface area contributed by atoms with Crippen molar-refractivity contribution in [3.63, 3.8) is 0 Å². The summed E-state index contributed by atoms with van der Waals surface area (Å²) in [5.74, 6) is 6.29. The van der Waals surface area contributed by atoms with Crippen LogP contribution >= 0.6 is 0 Å². The topological polar surface area (TPSA) is 37.3 Å². The molecule has 2 nitrogen and oxygen atoms in total. The molecule has 0 heterocycles. The molecular weight excluding hydrogens is 380 g/mol. The third-order valence-corrected chi connectivity index (χ3v) is 12.1. The Kier molecular flexibility index (Phi) is 6.48.